The van der Waals surface area contributed by atoms with Gasteiger partial charge in [-0.1, -0.05) is 74.5 Å². The van der Waals surface area contributed by atoms with E-state index in [4.69, 9.17) is 15.8 Å². The van der Waals surface area contributed by atoms with Crippen LogP contribution in [0.15, 0.2) is 72.8 Å². The summed E-state index contributed by atoms with van der Waals surface area (Å²) in [5, 5.41) is 19.4. The summed E-state index contributed by atoms with van der Waals surface area (Å²) in [5.41, 5.74) is 12.2. The maximum atomic E-state index is 5.85. The van der Waals surface area contributed by atoms with Crippen LogP contribution in [0.2, 0.25) is 0 Å². The van der Waals surface area contributed by atoms with Crippen LogP contribution >= 0.6 is 0 Å². The second-order valence-corrected chi connectivity index (χ2v) is 9.75. The molecule has 8 nitrogen and oxygen atoms in total. The van der Waals surface area contributed by atoms with Crippen LogP contribution < -0.4 is 5.73 Å². The molecule has 0 amide bonds. The van der Waals surface area contributed by atoms with E-state index in [1.807, 2.05) is 30.3 Å². The van der Waals surface area contributed by atoms with E-state index in [0.717, 1.165) is 59.7 Å². The molecule has 3 aromatic carbocycles. The van der Waals surface area contributed by atoms with E-state index >= 15 is 0 Å². The van der Waals surface area contributed by atoms with E-state index in [9.17, 15) is 0 Å². The molecule has 8 heteroatoms. The number of hydrogen-bond acceptors (Lipinski definition) is 6. The molecule has 0 atom stereocenters. The zero-order valence-electron chi connectivity index (χ0n) is 21.3. The van der Waals surface area contributed by atoms with Gasteiger partial charge in [0.15, 0.2) is 5.82 Å². The van der Waals surface area contributed by atoms with Crippen LogP contribution in [0.5, 0.6) is 0 Å². The smallest absolute Gasteiger partial charge is 0.205 e. The molecule has 3 N–H and O–H groups in total. The van der Waals surface area contributed by atoms with Crippen molar-refractivity contribution >= 4 is 5.69 Å². The predicted octanol–water partition coefficient (Wildman–Crippen LogP) is 5.13. The maximum Gasteiger partial charge on any atom is 0.205 e. The second-order valence-electron chi connectivity index (χ2n) is 9.75. The van der Waals surface area contributed by atoms with Crippen molar-refractivity contribution in [3.05, 3.63) is 95.6 Å². The fraction of sp³-hybridized carbons (Fsp3) is 0.276. The van der Waals surface area contributed by atoms with Crippen molar-refractivity contribution in [3.63, 3.8) is 0 Å². The van der Waals surface area contributed by atoms with Gasteiger partial charge in [-0.25, -0.2) is 9.67 Å². The molecule has 0 bridgehead atoms. The van der Waals surface area contributed by atoms with Crippen LogP contribution in [0.3, 0.4) is 0 Å². The molecular formula is C29H32N8. The number of rotatable bonds is 10. The molecular weight excluding hydrogens is 460 g/mol. The topological polar surface area (TPSA) is 111 Å². The molecule has 5 rings (SSSR count). The Morgan fingerprint density at radius 3 is 2.27 bits per heavy atom. The van der Waals surface area contributed by atoms with Gasteiger partial charge in [0.25, 0.3) is 0 Å². The van der Waals surface area contributed by atoms with E-state index in [1.54, 1.807) is 0 Å². The number of aromatic amines is 1. The number of nitrogens with zero attached hydrogens (tertiary/aromatic N) is 6. The lowest BCUT2D eigenvalue weighted by Crippen LogP contribution is -2.08. The number of tetrazole rings is 1. The average Bonchev–Trinajstić information content (AvgIpc) is 3.58. The largest absolute Gasteiger partial charge is 0.399 e. The highest BCUT2D eigenvalue weighted by molar-refractivity contribution is 5.80. The molecule has 5 aromatic rings. The third-order valence-corrected chi connectivity index (χ3v) is 6.47. The molecule has 0 spiro atoms. The highest BCUT2D eigenvalue weighted by Gasteiger charge is 2.13. The Bertz CT molecular complexity index is 1420. The molecule has 0 saturated heterocycles. The number of nitrogens with two attached hydrogens (primary N) is 1. The Labute approximate surface area is 217 Å². The SMILES string of the molecule is CC(C)CCc1nc(CCc2ccc(N)cc2)n(Cc2ccc(-c3ccccc3-c3nn[nH]n3)cc2)n1. The number of aromatic nitrogens is 7. The van der Waals surface area contributed by atoms with E-state index in [1.165, 1.54) is 11.1 Å². The minimum absolute atomic E-state index is 0.585. The normalized spacial score (nSPS) is 11.3. The van der Waals surface area contributed by atoms with Crippen LogP contribution in [0.1, 0.15) is 43.0 Å². The Balaban J connectivity index is 1.35. The monoisotopic (exact) mass is 492 g/mol. The van der Waals surface area contributed by atoms with Crippen molar-refractivity contribution in [3.8, 4) is 22.5 Å². The summed E-state index contributed by atoms with van der Waals surface area (Å²) in [6.07, 6.45) is 3.70. The van der Waals surface area contributed by atoms with Gasteiger partial charge in [-0.2, -0.15) is 10.3 Å². The third kappa shape index (κ3) is 6.09. The van der Waals surface area contributed by atoms with Gasteiger partial charge in [0.05, 0.1) is 6.54 Å². The van der Waals surface area contributed by atoms with Crippen molar-refractivity contribution in [2.24, 2.45) is 5.92 Å². The number of hydrogen-bond donors (Lipinski definition) is 2. The zero-order valence-corrected chi connectivity index (χ0v) is 21.3. The standard InChI is InChI=1S/C29H32N8/c1-20(2)7-17-27-31-28(18-12-21-10-15-24(30)16-11-21)37(34-27)19-22-8-13-23(14-9-22)25-5-3-4-6-26(25)29-32-35-36-33-29/h3-6,8-11,13-16,20H,7,12,17-19,30H2,1-2H3,(H,32,33,35,36). The summed E-state index contributed by atoms with van der Waals surface area (Å²) in [6, 6.07) is 24.7. The summed E-state index contributed by atoms with van der Waals surface area (Å²) in [5.74, 6) is 3.14. The van der Waals surface area contributed by atoms with Crippen LogP contribution in [-0.4, -0.2) is 35.4 Å². The van der Waals surface area contributed by atoms with Gasteiger partial charge >= 0.3 is 0 Å². The lowest BCUT2D eigenvalue weighted by molar-refractivity contribution is 0.568. The quantitative estimate of drug-likeness (QED) is 0.262. The van der Waals surface area contributed by atoms with Crippen molar-refractivity contribution < 1.29 is 0 Å². The van der Waals surface area contributed by atoms with Crippen LogP contribution in [-0.2, 0) is 25.8 Å². The number of H-pyrrole nitrogens is 1. The third-order valence-electron chi connectivity index (χ3n) is 6.47. The number of aryl methyl sites for hydroxylation is 3. The molecule has 37 heavy (non-hydrogen) atoms. The minimum Gasteiger partial charge on any atom is -0.399 e. The summed E-state index contributed by atoms with van der Waals surface area (Å²) >= 11 is 0. The van der Waals surface area contributed by atoms with Crippen LogP contribution in [0.4, 0.5) is 5.69 Å². The highest BCUT2D eigenvalue weighted by atomic mass is 15.5. The molecule has 188 valence electrons. The number of anilines is 1. The first-order valence-corrected chi connectivity index (χ1v) is 12.7. The Kier molecular flexibility index (Phi) is 7.35. The zero-order chi connectivity index (χ0) is 25.6. The Hall–Kier alpha value is -4.33. The molecule has 0 radical (unpaired) electrons. The number of benzene rings is 3. The molecule has 0 fully saturated rings. The lowest BCUT2D eigenvalue weighted by atomic mass is 9.98. The molecule has 2 aromatic heterocycles. The first-order valence-electron chi connectivity index (χ1n) is 12.7. The lowest BCUT2D eigenvalue weighted by Gasteiger charge is -2.09. The summed E-state index contributed by atoms with van der Waals surface area (Å²) in [7, 11) is 0. The second kappa shape index (κ2) is 11.2. The van der Waals surface area contributed by atoms with Gasteiger partial charge in [0.2, 0.25) is 5.82 Å². The van der Waals surface area contributed by atoms with Crippen LogP contribution in [0, 0.1) is 5.92 Å². The average molecular weight is 493 g/mol. The fourth-order valence-corrected chi connectivity index (χ4v) is 4.37. The Morgan fingerprint density at radius 2 is 1.57 bits per heavy atom. The highest BCUT2D eigenvalue weighted by Crippen LogP contribution is 2.29. The van der Waals surface area contributed by atoms with Gasteiger partial charge in [0.1, 0.15) is 5.82 Å². The molecule has 0 saturated carbocycles. The van der Waals surface area contributed by atoms with Crippen molar-refractivity contribution in [2.45, 2.75) is 46.1 Å². The maximum absolute atomic E-state index is 5.85. The van der Waals surface area contributed by atoms with Gasteiger partial charge in [0, 0.05) is 24.1 Å². The molecule has 0 aliphatic heterocycles. The van der Waals surface area contributed by atoms with E-state index in [2.05, 4.69) is 81.6 Å². The van der Waals surface area contributed by atoms with Gasteiger partial charge in [-0.15, -0.1) is 10.2 Å². The summed E-state index contributed by atoms with van der Waals surface area (Å²) < 4.78 is 2.06. The fourth-order valence-electron chi connectivity index (χ4n) is 4.37. The van der Waals surface area contributed by atoms with Crippen molar-refractivity contribution in [1.29, 1.82) is 0 Å². The van der Waals surface area contributed by atoms with Crippen LogP contribution in [0.25, 0.3) is 22.5 Å². The molecule has 0 unspecified atom stereocenters. The van der Waals surface area contributed by atoms with E-state index in [-0.39, 0.29) is 0 Å². The van der Waals surface area contributed by atoms with E-state index in [0.29, 0.717) is 18.3 Å². The first-order chi connectivity index (χ1) is 18.0. The number of nitrogen functional groups attached to an aromatic ring is 1. The summed E-state index contributed by atoms with van der Waals surface area (Å²) in [4.78, 5) is 4.92. The summed E-state index contributed by atoms with van der Waals surface area (Å²) in [6.45, 7) is 5.15. The van der Waals surface area contributed by atoms with Crippen molar-refractivity contribution in [2.75, 3.05) is 5.73 Å². The predicted molar refractivity (Wildman–Crippen MR) is 146 cm³/mol. The first kappa shape index (κ1) is 24.4. The van der Waals surface area contributed by atoms with Gasteiger partial charge < -0.3 is 5.73 Å². The molecule has 2 heterocycles. The van der Waals surface area contributed by atoms with E-state index < -0.39 is 0 Å². The molecule has 0 aliphatic carbocycles. The molecule has 0 aliphatic rings. The van der Waals surface area contributed by atoms with Gasteiger partial charge in [-0.3, -0.25) is 0 Å². The van der Waals surface area contributed by atoms with Gasteiger partial charge in [-0.05, 0) is 58.4 Å². The number of nitrogens with one attached hydrogen (secondary N) is 1. The Morgan fingerprint density at radius 1 is 0.838 bits per heavy atom. The minimum atomic E-state index is 0.585. The van der Waals surface area contributed by atoms with Crippen molar-refractivity contribution in [1.82, 2.24) is 35.4 Å².